The Bertz CT molecular complexity index is 2290. The lowest BCUT2D eigenvalue weighted by molar-refractivity contribution is -0.123. The van der Waals surface area contributed by atoms with Crippen LogP contribution in [0.25, 0.3) is 0 Å². The molecular formula is C36H32N4O9S3. The van der Waals surface area contributed by atoms with Crippen LogP contribution in [0.4, 0.5) is 11.4 Å². The molecule has 52 heavy (non-hydrogen) atoms. The van der Waals surface area contributed by atoms with Gasteiger partial charge < -0.3 is 19.8 Å². The van der Waals surface area contributed by atoms with Crippen LogP contribution in [0.1, 0.15) is 40.1 Å². The van der Waals surface area contributed by atoms with Gasteiger partial charge in [-0.1, -0.05) is 23.5 Å². The van der Waals surface area contributed by atoms with Gasteiger partial charge in [-0.05, 0) is 97.3 Å². The first-order chi connectivity index (χ1) is 24.9. The molecule has 3 heterocycles. The SMILES string of the molecule is CCOC(=O)c1ccc(N2C(=O)C3C(C2=O)[C@@H]2C[C@H]3C3Sc4[nH]c(=O)sc4[C@H](c4cccc(OCC(=O)Nc5ccc(S(N)(=O)=O)cc5)c4)C32)cc1. The maximum atomic E-state index is 14.1. The molecule has 1 aromatic heterocycles. The number of nitrogens with two attached hydrogens (primary N) is 1. The third kappa shape index (κ3) is 5.83. The van der Waals surface area contributed by atoms with E-state index in [2.05, 4.69) is 10.3 Å². The number of ether oxygens (including phenoxy) is 2. The Morgan fingerprint density at radius 2 is 1.69 bits per heavy atom. The van der Waals surface area contributed by atoms with Crippen LogP contribution in [-0.4, -0.2) is 55.6 Å². The third-order valence-electron chi connectivity index (χ3n) is 10.4. The summed E-state index contributed by atoms with van der Waals surface area (Å²) in [5, 5.41) is 8.56. The van der Waals surface area contributed by atoms with Crippen LogP contribution in [-0.2, 0) is 29.1 Å². The Hall–Kier alpha value is -4.77. The highest BCUT2D eigenvalue weighted by molar-refractivity contribution is 8.00. The second-order valence-electron chi connectivity index (χ2n) is 13.2. The number of carbonyl (C=O) groups excluding carboxylic acids is 4. The number of aromatic nitrogens is 1. The minimum absolute atomic E-state index is 0.0205. The highest BCUT2D eigenvalue weighted by Crippen LogP contribution is 2.68. The number of nitrogens with zero attached hydrogens (tertiary/aromatic N) is 1. The molecule has 4 N–H and O–H groups in total. The summed E-state index contributed by atoms with van der Waals surface area (Å²) in [4.78, 5) is 70.6. The van der Waals surface area contributed by atoms with Crippen LogP contribution in [0, 0.1) is 29.6 Å². The Morgan fingerprint density at radius 3 is 2.38 bits per heavy atom. The van der Waals surface area contributed by atoms with Crippen molar-refractivity contribution in [3.8, 4) is 5.75 Å². The molecule has 8 rings (SSSR count). The number of amides is 3. The summed E-state index contributed by atoms with van der Waals surface area (Å²) in [6.07, 6.45) is 0.717. The summed E-state index contributed by atoms with van der Waals surface area (Å²) in [7, 11) is -3.87. The van der Waals surface area contributed by atoms with Gasteiger partial charge in [-0.3, -0.25) is 24.1 Å². The lowest BCUT2D eigenvalue weighted by Crippen LogP contribution is -2.42. The molecule has 268 valence electrons. The predicted octanol–water partition coefficient (Wildman–Crippen LogP) is 3.96. The van der Waals surface area contributed by atoms with Gasteiger partial charge in [0.2, 0.25) is 21.8 Å². The molecule has 0 radical (unpaired) electrons. The van der Waals surface area contributed by atoms with Gasteiger partial charge in [0, 0.05) is 21.7 Å². The molecule has 3 amide bonds. The van der Waals surface area contributed by atoms with Crippen LogP contribution < -0.4 is 25.0 Å². The molecule has 2 bridgehead atoms. The molecule has 4 unspecified atom stereocenters. The molecule has 3 aromatic carbocycles. The molecule has 2 aliphatic heterocycles. The summed E-state index contributed by atoms with van der Waals surface area (Å²) < 4.78 is 34.0. The number of benzene rings is 3. The standard InChI is InChI=1S/C36H32N4O9S3/c1-2-48-35(44)17-6-10-20(11-7-17)40-33(42)28-23-15-24(29(28)34(40)43)30-27(23)26(31-32(50-30)39-36(45)51-31)18-4-3-5-21(14-18)49-16-25(41)38-19-8-12-22(13-9-19)52(37,46)47/h3-14,23-24,26-30H,2,15-16H2,1H3,(H,38,41)(H,39,45)(H2,37,46,47)/t23-,24-,26-,27?,28?,29?,30?/m1/s1. The quantitative estimate of drug-likeness (QED) is 0.166. The number of rotatable bonds is 9. The summed E-state index contributed by atoms with van der Waals surface area (Å²) in [6, 6.07) is 19.1. The van der Waals surface area contributed by atoms with Crippen molar-refractivity contribution in [2.45, 2.75) is 34.4 Å². The molecular weight excluding hydrogens is 729 g/mol. The number of esters is 1. The number of carbonyl (C=O) groups is 4. The average molecular weight is 761 g/mol. The predicted molar refractivity (Wildman–Crippen MR) is 192 cm³/mol. The van der Waals surface area contributed by atoms with Gasteiger partial charge in [0.1, 0.15) is 5.75 Å². The van der Waals surface area contributed by atoms with E-state index in [4.69, 9.17) is 14.6 Å². The fourth-order valence-electron chi connectivity index (χ4n) is 8.48. The van der Waals surface area contributed by atoms with E-state index in [0.29, 0.717) is 22.7 Å². The lowest BCUT2D eigenvalue weighted by atomic mass is 9.68. The first-order valence-corrected chi connectivity index (χ1v) is 19.9. The summed E-state index contributed by atoms with van der Waals surface area (Å²) in [5.41, 5.74) is 1.99. The minimum atomic E-state index is -3.87. The smallest absolute Gasteiger partial charge is 0.338 e. The van der Waals surface area contributed by atoms with Gasteiger partial charge in [-0.2, -0.15) is 0 Å². The number of sulfonamides is 1. The number of hydrogen-bond acceptors (Lipinski definition) is 11. The molecule has 1 saturated heterocycles. The van der Waals surface area contributed by atoms with Gasteiger partial charge in [-0.15, -0.1) is 11.8 Å². The zero-order chi connectivity index (χ0) is 36.5. The number of anilines is 2. The third-order valence-corrected chi connectivity index (χ3v) is 13.9. The molecule has 2 aliphatic carbocycles. The molecule has 16 heteroatoms. The maximum absolute atomic E-state index is 14.1. The van der Waals surface area contributed by atoms with E-state index in [1.807, 2.05) is 18.2 Å². The highest BCUT2D eigenvalue weighted by atomic mass is 32.2. The van der Waals surface area contributed by atoms with Crippen molar-refractivity contribution in [3.63, 3.8) is 0 Å². The summed E-state index contributed by atoms with van der Waals surface area (Å²) in [5.74, 6) is -2.46. The van der Waals surface area contributed by atoms with Gasteiger partial charge >= 0.3 is 10.8 Å². The van der Waals surface area contributed by atoms with Crippen LogP contribution in [0.2, 0.25) is 0 Å². The molecule has 4 aromatic rings. The number of nitrogens with one attached hydrogen (secondary N) is 2. The number of thioether (sulfide) groups is 1. The largest absolute Gasteiger partial charge is 0.484 e. The van der Waals surface area contributed by atoms with Crippen LogP contribution in [0.5, 0.6) is 5.75 Å². The highest BCUT2D eigenvalue weighted by Gasteiger charge is 2.69. The van der Waals surface area contributed by atoms with E-state index < -0.39 is 33.7 Å². The molecule has 0 spiro atoms. The van der Waals surface area contributed by atoms with Crippen molar-refractivity contribution in [1.29, 1.82) is 0 Å². The van der Waals surface area contributed by atoms with E-state index in [0.717, 1.165) is 33.2 Å². The Balaban J connectivity index is 1.03. The zero-order valence-corrected chi connectivity index (χ0v) is 30.0. The van der Waals surface area contributed by atoms with Crippen molar-refractivity contribution in [2.75, 3.05) is 23.4 Å². The number of aromatic amines is 1. The van der Waals surface area contributed by atoms with E-state index in [1.165, 1.54) is 29.2 Å². The van der Waals surface area contributed by atoms with Crippen molar-refractivity contribution in [2.24, 2.45) is 34.7 Å². The van der Waals surface area contributed by atoms with Gasteiger partial charge in [0.25, 0.3) is 5.91 Å². The number of fused-ring (bicyclic) bond motifs is 9. The van der Waals surface area contributed by atoms with E-state index in [1.54, 1.807) is 49.0 Å². The Morgan fingerprint density at radius 1 is 0.981 bits per heavy atom. The molecule has 7 atom stereocenters. The topological polar surface area (TPSA) is 195 Å². The van der Waals surface area contributed by atoms with E-state index in [9.17, 15) is 32.4 Å². The second-order valence-corrected chi connectivity index (χ2v) is 17.0. The minimum Gasteiger partial charge on any atom is -0.484 e. The van der Waals surface area contributed by atoms with Crippen molar-refractivity contribution in [3.05, 3.63) is 98.5 Å². The zero-order valence-electron chi connectivity index (χ0n) is 27.5. The first kappa shape index (κ1) is 34.3. The van der Waals surface area contributed by atoms with Crippen molar-refractivity contribution in [1.82, 2.24) is 4.98 Å². The van der Waals surface area contributed by atoms with Gasteiger partial charge in [0.05, 0.1) is 39.6 Å². The number of H-pyrrole nitrogens is 1. The van der Waals surface area contributed by atoms with Crippen molar-refractivity contribution < 1.29 is 37.1 Å². The maximum Gasteiger partial charge on any atom is 0.338 e. The Labute approximate surface area is 305 Å². The summed E-state index contributed by atoms with van der Waals surface area (Å²) >= 11 is 2.73. The number of imide groups is 1. The van der Waals surface area contributed by atoms with E-state index in [-0.39, 0.29) is 63.7 Å². The van der Waals surface area contributed by atoms with Crippen LogP contribution in [0.3, 0.4) is 0 Å². The average Bonchev–Trinajstić information content (AvgIpc) is 3.86. The number of hydrogen-bond donors (Lipinski definition) is 3. The van der Waals surface area contributed by atoms with Crippen molar-refractivity contribution >= 4 is 68.2 Å². The normalized spacial score (nSPS) is 25.7. The molecule has 2 saturated carbocycles. The fraction of sp³-hybridized carbons (Fsp3) is 0.306. The Kier molecular flexibility index (Phi) is 8.59. The molecule has 13 nitrogen and oxygen atoms in total. The molecule has 4 aliphatic rings. The number of primary sulfonamides is 1. The number of thiazole rings is 1. The lowest BCUT2D eigenvalue weighted by Gasteiger charge is -2.43. The second kappa shape index (κ2) is 13.0. The monoisotopic (exact) mass is 760 g/mol. The van der Waals surface area contributed by atoms with E-state index >= 15 is 0 Å². The summed E-state index contributed by atoms with van der Waals surface area (Å²) in [6.45, 7) is 1.63. The van der Waals surface area contributed by atoms with Crippen LogP contribution >= 0.6 is 23.1 Å². The fourth-order valence-corrected chi connectivity index (χ4v) is 11.9. The first-order valence-electron chi connectivity index (χ1n) is 16.6. The molecule has 3 fully saturated rings. The van der Waals surface area contributed by atoms with Gasteiger partial charge in [-0.25, -0.2) is 18.4 Å². The van der Waals surface area contributed by atoms with Gasteiger partial charge in [0.15, 0.2) is 6.61 Å². The van der Waals surface area contributed by atoms with Crippen LogP contribution in [0.15, 0.2) is 87.5 Å².